The molecule has 0 bridgehead atoms. The average Bonchev–Trinajstić information content (AvgIpc) is 2.58. The summed E-state index contributed by atoms with van der Waals surface area (Å²) in [6.07, 6.45) is 3.53. The predicted molar refractivity (Wildman–Crippen MR) is 55.2 cm³/mol. The largest absolute Gasteiger partial charge is 0.469 e. The van der Waals surface area contributed by atoms with E-state index in [1.165, 1.54) is 7.11 Å². The Morgan fingerprint density at radius 2 is 2.13 bits per heavy atom. The maximum absolute atomic E-state index is 11.9. The fraction of sp³-hybridized carbons (Fsp3) is 0.667. The second-order valence-electron chi connectivity index (χ2n) is 4.89. The van der Waals surface area contributed by atoms with Gasteiger partial charge in [-0.15, -0.1) is 0 Å². The summed E-state index contributed by atoms with van der Waals surface area (Å²) >= 11 is 0. The number of hydrogen-bond acceptors (Lipinski definition) is 3. The first-order chi connectivity index (χ1) is 6.96. The zero-order chi connectivity index (χ0) is 11.3. The molecule has 0 saturated heterocycles. The Kier molecular flexibility index (Phi) is 2.04. The first-order valence-corrected chi connectivity index (χ1v) is 5.24. The molecule has 0 N–H and O–H groups in total. The number of methoxy groups -OCH3 is 1. The van der Waals surface area contributed by atoms with Crippen LogP contribution < -0.4 is 0 Å². The van der Waals surface area contributed by atoms with Crippen molar-refractivity contribution in [2.24, 2.45) is 10.8 Å². The molecule has 2 atom stereocenters. The summed E-state index contributed by atoms with van der Waals surface area (Å²) in [4.78, 5) is 23.5. The van der Waals surface area contributed by atoms with Crippen LogP contribution in [0.3, 0.4) is 0 Å². The Bertz CT molecular complexity index is 369. The molecule has 0 spiro atoms. The molecule has 15 heavy (non-hydrogen) atoms. The van der Waals surface area contributed by atoms with Crippen LogP contribution >= 0.6 is 0 Å². The molecule has 2 rings (SSSR count). The van der Waals surface area contributed by atoms with Gasteiger partial charge in [0.25, 0.3) is 0 Å². The molecule has 0 aliphatic heterocycles. The van der Waals surface area contributed by atoms with Gasteiger partial charge in [-0.05, 0) is 13.3 Å². The number of Topliss-reactive ketones (excluding diaryl/α,β-unsaturated/α-hetero) is 1. The molecule has 0 amide bonds. The van der Waals surface area contributed by atoms with E-state index < -0.39 is 5.41 Å². The van der Waals surface area contributed by atoms with Crippen LogP contribution in [0, 0.1) is 10.8 Å². The molecule has 2 aliphatic carbocycles. The normalized spacial score (nSPS) is 38.9. The number of esters is 1. The third-order valence-electron chi connectivity index (χ3n) is 4.31. The van der Waals surface area contributed by atoms with Gasteiger partial charge in [0, 0.05) is 18.3 Å². The van der Waals surface area contributed by atoms with Crippen LogP contribution in [0.1, 0.15) is 33.1 Å². The number of rotatable bonds is 1. The Morgan fingerprint density at radius 3 is 2.73 bits per heavy atom. The summed E-state index contributed by atoms with van der Waals surface area (Å²) < 4.78 is 4.88. The highest BCUT2D eigenvalue weighted by Crippen LogP contribution is 2.61. The van der Waals surface area contributed by atoms with Crippen molar-refractivity contribution in [3.05, 3.63) is 11.6 Å². The van der Waals surface area contributed by atoms with E-state index in [9.17, 15) is 9.59 Å². The number of ketones is 1. The molecule has 0 unspecified atom stereocenters. The van der Waals surface area contributed by atoms with Gasteiger partial charge in [0.05, 0.1) is 12.5 Å². The number of fused-ring (bicyclic) bond motifs is 1. The lowest BCUT2D eigenvalue weighted by molar-refractivity contribution is -0.157. The topological polar surface area (TPSA) is 43.4 Å². The summed E-state index contributed by atoms with van der Waals surface area (Å²) in [5.74, 6) is -0.0562. The van der Waals surface area contributed by atoms with Crippen molar-refractivity contribution in [3.8, 4) is 0 Å². The van der Waals surface area contributed by atoms with Crippen LogP contribution in [0.25, 0.3) is 0 Å². The zero-order valence-electron chi connectivity index (χ0n) is 9.42. The van der Waals surface area contributed by atoms with E-state index in [0.29, 0.717) is 19.3 Å². The fourth-order valence-electron chi connectivity index (χ4n) is 3.10. The van der Waals surface area contributed by atoms with Crippen molar-refractivity contribution >= 4 is 11.8 Å². The van der Waals surface area contributed by atoms with Gasteiger partial charge < -0.3 is 4.74 Å². The summed E-state index contributed by atoms with van der Waals surface area (Å²) in [6, 6.07) is 0. The number of ether oxygens (including phenoxy) is 1. The Balaban J connectivity index is 2.48. The van der Waals surface area contributed by atoms with Crippen molar-refractivity contribution in [1.82, 2.24) is 0 Å². The van der Waals surface area contributed by atoms with Crippen LogP contribution in [0.2, 0.25) is 0 Å². The first-order valence-electron chi connectivity index (χ1n) is 5.24. The summed E-state index contributed by atoms with van der Waals surface area (Å²) in [6.45, 7) is 4.01. The molecule has 0 aromatic rings. The molecule has 1 fully saturated rings. The minimum atomic E-state index is -0.608. The lowest BCUT2D eigenvalue weighted by atomic mass is 9.66. The highest BCUT2D eigenvalue weighted by Gasteiger charge is 2.63. The molecule has 0 aromatic carbocycles. The molecule has 0 radical (unpaired) electrons. The quantitative estimate of drug-likeness (QED) is 0.488. The average molecular weight is 208 g/mol. The lowest BCUT2D eigenvalue weighted by Crippen LogP contribution is -2.40. The Labute approximate surface area is 89.5 Å². The molecular formula is C12H16O3. The van der Waals surface area contributed by atoms with Crippen molar-refractivity contribution < 1.29 is 14.3 Å². The second-order valence-corrected chi connectivity index (χ2v) is 4.89. The molecule has 2 aliphatic rings. The molecule has 3 heteroatoms. The van der Waals surface area contributed by atoms with E-state index >= 15 is 0 Å². The van der Waals surface area contributed by atoms with Gasteiger partial charge in [-0.3, -0.25) is 9.59 Å². The van der Waals surface area contributed by atoms with Crippen molar-refractivity contribution in [2.45, 2.75) is 33.1 Å². The van der Waals surface area contributed by atoms with Gasteiger partial charge >= 0.3 is 5.97 Å². The lowest BCUT2D eigenvalue weighted by Gasteiger charge is -2.36. The summed E-state index contributed by atoms with van der Waals surface area (Å²) in [5, 5.41) is 0. The SMILES string of the molecule is COC(=O)[C@]12CC=C(C)[C@@]1(C)CC(=O)C2. The smallest absolute Gasteiger partial charge is 0.313 e. The predicted octanol–water partition coefficient (Wildman–Crippen LogP) is 1.86. The second kappa shape index (κ2) is 2.94. The molecule has 0 heterocycles. The maximum atomic E-state index is 11.9. The summed E-state index contributed by atoms with van der Waals surface area (Å²) in [5.41, 5.74) is 0.235. The van der Waals surface area contributed by atoms with Crippen LogP contribution in [0.5, 0.6) is 0 Å². The van der Waals surface area contributed by atoms with Gasteiger partial charge in [0.15, 0.2) is 0 Å². The van der Waals surface area contributed by atoms with Crippen molar-refractivity contribution in [2.75, 3.05) is 7.11 Å². The van der Waals surface area contributed by atoms with Crippen molar-refractivity contribution in [1.29, 1.82) is 0 Å². The minimum Gasteiger partial charge on any atom is -0.469 e. The number of allylic oxidation sites excluding steroid dienone is 2. The first kappa shape index (κ1) is 10.4. The zero-order valence-corrected chi connectivity index (χ0v) is 9.42. The van der Waals surface area contributed by atoms with Crippen LogP contribution in [-0.2, 0) is 14.3 Å². The number of hydrogen-bond donors (Lipinski definition) is 0. The maximum Gasteiger partial charge on any atom is 0.313 e. The molecule has 1 saturated carbocycles. The van der Waals surface area contributed by atoms with E-state index in [4.69, 9.17) is 4.74 Å². The highest BCUT2D eigenvalue weighted by molar-refractivity contribution is 5.94. The van der Waals surface area contributed by atoms with Crippen molar-refractivity contribution in [3.63, 3.8) is 0 Å². The Morgan fingerprint density at radius 1 is 1.47 bits per heavy atom. The van der Waals surface area contributed by atoms with Gasteiger partial charge in [0.2, 0.25) is 0 Å². The van der Waals surface area contributed by atoms with E-state index in [0.717, 1.165) is 5.57 Å². The summed E-state index contributed by atoms with van der Waals surface area (Å²) in [7, 11) is 1.40. The molecule has 0 aromatic heterocycles. The van der Waals surface area contributed by atoms with Gasteiger partial charge in [0.1, 0.15) is 5.78 Å². The van der Waals surface area contributed by atoms with Gasteiger partial charge in [-0.2, -0.15) is 0 Å². The monoisotopic (exact) mass is 208 g/mol. The van der Waals surface area contributed by atoms with Gasteiger partial charge in [-0.25, -0.2) is 0 Å². The molecular weight excluding hydrogens is 192 g/mol. The third-order valence-corrected chi connectivity index (χ3v) is 4.31. The van der Waals surface area contributed by atoms with Crippen LogP contribution in [0.4, 0.5) is 0 Å². The van der Waals surface area contributed by atoms with E-state index in [-0.39, 0.29) is 17.2 Å². The highest BCUT2D eigenvalue weighted by atomic mass is 16.5. The number of carbonyl (C=O) groups excluding carboxylic acids is 2. The Hall–Kier alpha value is -1.12. The minimum absolute atomic E-state index is 0.176. The fourth-order valence-corrected chi connectivity index (χ4v) is 3.10. The number of carbonyl (C=O) groups is 2. The standard InChI is InChI=1S/C12H16O3/c1-8-4-5-12(10(14)15-3)7-9(13)6-11(8,12)2/h4H,5-7H2,1-3H3/t11-,12-/m1/s1. The third kappa shape index (κ3) is 1.06. The van der Waals surface area contributed by atoms with E-state index in [1.54, 1.807) is 0 Å². The molecule has 82 valence electrons. The van der Waals surface area contributed by atoms with Crippen LogP contribution in [0.15, 0.2) is 11.6 Å². The molecule has 3 nitrogen and oxygen atoms in total. The van der Waals surface area contributed by atoms with Gasteiger partial charge in [-0.1, -0.05) is 18.6 Å². The van der Waals surface area contributed by atoms with Crippen LogP contribution in [-0.4, -0.2) is 18.9 Å². The van der Waals surface area contributed by atoms with E-state index in [2.05, 4.69) is 6.08 Å². The van der Waals surface area contributed by atoms with E-state index in [1.807, 2.05) is 13.8 Å².